The summed E-state index contributed by atoms with van der Waals surface area (Å²) in [5, 5.41) is 0.719. The molecule has 3 rings (SSSR count). The summed E-state index contributed by atoms with van der Waals surface area (Å²) in [6, 6.07) is 7.60. The van der Waals surface area contributed by atoms with Gasteiger partial charge in [-0.15, -0.1) is 0 Å². The van der Waals surface area contributed by atoms with Crippen molar-refractivity contribution in [2.24, 2.45) is 11.8 Å². The predicted molar refractivity (Wildman–Crippen MR) is 92.8 cm³/mol. The van der Waals surface area contributed by atoms with E-state index in [0.717, 1.165) is 36.6 Å². The van der Waals surface area contributed by atoms with Gasteiger partial charge < -0.3 is 18.9 Å². The van der Waals surface area contributed by atoms with Gasteiger partial charge >= 0.3 is 0 Å². The molecule has 2 aliphatic rings. The summed E-state index contributed by atoms with van der Waals surface area (Å²) in [6.45, 7) is 4.89. The Labute approximate surface area is 148 Å². The van der Waals surface area contributed by atoms with Gasteiger partial charge in [0.05, 0.1) is 26.4 Å². The SMILES string of the molecule is C/C=C/[C@H]1CO[C@H](CC[C@H]2CO[C@H](c3ccc(Cl)cc3)OC2)OC1. The lowest BCUT2D eigenvalue weighted by Gasteiger charge is -2.32. The largest absolute Gasteiger partial charge is 0.352 e. The van der Waals surface area contributed by atoms with Gasteiger partial charge in [-0.25, -0.2) is 0 Å². The lowest BCUT2D eigenvalue weighted by atomic mass is 10.0. The average molecular weight is 353 g/mol. The van der Waals surface area contributed by atoms with Crippen LogP contribution in [0.5, 0.6) is 0 Å². The van der Waals surface area contributed by atoms with Crippen LogP contribution >= 0.6 is 11.6 Å². The summed E-state index contributed by atoms with van der Waals surface area (Å²) in [4.78, 5) is 0. The second kappa shape index (κ2) is 8.97. The van der Waals surface area contributed by atoms with Crippen LogP contribution in [0, 0.1) is 11.8 Å². The molecule has 0 spiro atoms. The number of rotatable bonds is 5. The molecule has 0 unspecified atom stereocenters. The lowest BCUT2D eigenvalue weighted by Crippen LogP contribution is -2.33. The third kappa shape index (κ3) is 5.04. The van der Waals surface area contributed by atoms with Gasteiger partial charge in [0.2, 0.25) is 0 Å². The van der Waals surface area contributed by atoms with E-state index in [4.69, 9.17) is 30.5 Å². The minimum absolute atomic E-state index is 0.0968. The summed E-state index contributed by atoms with van der Waals surface area (Å²) < 4.78 is 23.2. The first-order chi connectivity index (χ1) is 11.7. The number of allylic oxidation sites excluding steroid dienone is 1. The minimum atomic E-state index is -0.290. The van der Waals surface area contributed by atoms with Crippen molar-refractivity contribution in [1.82, 2.24) is 0 Å². The highest BCUT2D eigenvalue weighted by Crippen LogP contribution is 2.28. The predicted octanol–water partition coefficient (Wildman–Crippen LogP) is 4.35. The van der Waals surface area contributed by atoms with Gasteiger partial charge in [0.15, 0.2) is 12.6 Å². The van der Waals surface area contributed by atoms with Gasteiger partial charge in [0.25, 0.3) is 0 Å². The maximum atomic E-state index is 5.91. The van der Waals surface area contributed by atoms with Crippen LogP contribution in [-0.2, 0) is 18.9 Å². The molecule has 24 heavy (non-hydrogen) atoms. The van der Waals surface area contributed by atoms with Crippen molar-refractivity contribution in [3.05, 3.63) is 47.0 Å². The minimum Gasteiger partial charge on any atom is -0.352 e. The Morgan fingerprint density at radius 2 is 1.62 bits per heavy atom. The third-order valence-corrected chi connectivity index (χ3v) is 4.63. The number of ether oxygens (including phenoxy) is 4. The summed E-state index contributed by atoms with van der Waals surface area (Å²) in [7, 11) is 0. The number of hydrogen-bond acceptors (Lipinski definition) is 4. The fourth-order valence-corrected chi connectivity index (χ4v) is 3.13. The van der Waals surface area contributed by atoms with Gasteiger partial charge in [0, 0.05) is 22.4 Å². The highest BCUT2D eigenvalue weighted by Gasteiger charge is 2.26. The molecule has 2 aliphatic heterocycles. The van der Waals surface area contributed by atoms with Crippen LogP contribution in [0.1, 0.15) is 31.6 Å². The third-order valence-electron chi connectivity index (χ3n) is 4.38. The first-order valence-electron chi connectivity index (χ1n) is 8.59. The zero-order valence-electron chi connectivity index (χ0n) is 14.0. The second-order valence-corrected chi connectivity index (χ2v) is 6.81. The first kappa shape index (κ1) is 17.9. The molecule has 4 nitrogen and oxygen atoms in total. The van der Waals surface area contributed by atoms with Gasteiger partial charge in [0.1, 0.15) is 0 Å². The fraction of sp³-hybridized carbons (Fsp3) is 0.579. The van der Waals surface area contributed by atoms with E-state index >= 15 is 0 Å². The molecule has 1 aromatic carbocycles. The molecule has 5 heteroatoms. The molecular formula is C19H25ClO4. The molecule has 0 radical (unpaired) electrons. The van der Waals surface area contributed by atoms with Crippen molar-refractivity contribution < 1.29 is 18.9 Å². The molecule has 132 valence electrons. The van der Waals surface area contributed by atoms with Crippen LogP contribution in [0.2, 0.25) is 5.02 Å². The van der Waals surface area contributed by atoms with Crippen molar-refractivity contribution in [3.8, 4) is 0 Å². The topological polar surface area (TPSA) is 36.9 Å². The van der Waals surface area contributed by atoms with E-state index in [1.165, 1.54) is 0 Å². The van der Waals surface area contributed by atoms with Crippen molar-refractivity contribution >= 4 is 11.6 Å². The first-order valence-corrected chi connectivity index (χ1v) is 8.97. The van der Waals surface area contributed by atoms with Crippen molar-refractivity contribution in [2.45, 2.75) is 32.3 Å². The van der Waals surface area contributed by atoms with Crippen molar-refractivity contribution in [2.75, 3.05) is 26.4 Å². The van der Waals surface area contributed by atoms with E-state index in [9.17, 15) is 0 Å². The second-order valence-electron chi connectivity index (χ2n) is 6.38. The Morgan fingerprint density at radius 1 is 0.958 bits per heavy atom. The van der Waals surface area contributed by atoms with Crippen LogP contribution in [-0.4, -0.2) is 32.7 Å². The average Bonchev–Trinajstić information content (AvgIpc) is 2.63. The van der Waals surface area contributed by atoms with Crippen LogP contribution in [0.4, 0.5) is 0 Å². The van der Waals surface area contributed by atoms with Crippen LogP contribution in [0.3, 0.4) is 0 Å². The normalized spacial score (nSPS) is 31.4. The molecule has 1 aromatic rings. The van der Waals surface area contributed by atoms with Gasteiger partial charge in [-0.2, -0.15) is 0 Å². The maximum absolute atomic E-state index is 5.91. The van der Waals surface area contributed by atoms with Crippen molar-refractivity contribution in [3.63, 3.8) is 0 Å². The smallest absolute Gasteiger partial charge is 0.183 e. The van der Waals surface area contributed by atoms with Crippen LogP contribution in [0.25, 0.3) is 0 Å². The molecule has 0 saturated carbocycles. The highest BCUT2D eigenvalue weighted by atomic mass is 35.5. The quantitative estimate of drug-likeness (QED) is 0.738. The van der Waals surface area contributed by atoms with E-state index in [0.29, 0.717) is 25.0 Å². The van der Waals surface area contributed by atoms with E-state index in [1.54, 1.807) is 0 Å². The summed E-state index contributed by atoms with van der Waals surface area (Å²) in [5.74, 6) is 0.766. The summed E-state index contributed by atoms with van der Waals surface area (Å²) in [6.07, 6.45) is 5.65. The van der Waals surface area contributed by atoms with E-state index in [1.807, 2.05) is 37.3 Å². The van der Waals surface area contributed by atoms with Gasteiger partial charge in [-0.3, -0.25) is 0 Å². The standard InChI is InChI=1S/C19H25ClO4/c1-2-3-14-10-21-18(22-11-14)9-4-15-12-23-19(24-13-15)16-5-7-17(20)8-6-16/h2-3,5-8,14-15,18-19H,4,9-13H2,1H3/b3-2+/t14-,15-,18-,19-. The number of benzene rings is 1. The number of halogens is 1. The van der Waals surface area contributed by atoms with Crippen LogP contribution in [0.15, 0.2) is 36.4 Å². The fourth-order valence-electron chi connectivity index (χ4n) is 3.00. The Balaban J connectivity index is 1.36. The monoisotopic (exact) mass is 352 g/mol. The summed E-state index contributed by atoms with van der Waals surface area (Å²) >= 11 is 5.91. The molecule has 0 amide bonds. The summed E-state index contributed by atoms with van der Waals surface area (Å²) in [5.41, 5.74) is 1.01. The molecule has 0 bridgehead atoms. The van der Waals surface area contributed by atoms with Gasteiger partial charge in [-0.05, 0) is 31.9 Å². The zero-order valence-corrected chi connectivity index (χ0v) is 14.8. The van der Waals surface area contributed by atoms with E-state index in [2.05, 4.69) is 6.08 Å². The highest BCUT2D eigenvalue weighted by molar-refractivity contribution is 6.30. The molecule has 0 atom stereocenters. The molecule has 2 fully saturated rings. The molecular weight excluding hydrogens is 328 g/mol. The molecule has 2 heterocycles. The Kier molecular flexibility index (Phi) is 6.69. The molecule has 0 aliphatic carbocycles. The number of hydrogen-bond donors (Lipinski definition) is 0. The van der Waals surface area contributed by atoms with Crippen molar-refractivity contribution in [1.29, 1.82) is 0 Å². The van der Waals surface area contributed by atoms with E-state index in [-0.39, 0.29) is 12.6 Å². The zero-order chi connectivity index (χ0) is 16.8. The molecule has 2 saturated heterocycles. The van der Waals surface area contributed by atoms with E-state index < -0.39 is 0 Å². The molecule has 0 N–H and O–H groups in total. The maximum Gasteiger partial charge on any atom is 0.183 e. The Morgan fingerprint density at radius 3 is 2.25 bits per heavy atom. The van der Waals surface area contributed by atoms with Gasteiger partial charge in [-0.1, -0.05) is 35.9 Å². The Bertz CT molecular complexity index is 515. The van der Waals surface area contributed by atoms with Crippen LogP contribution < -0.4 is 0 Å². The lowest BCUT2D eigenvalue weighted by molar-refractivity contribution is -0.217. The molecule has 0 aromatic heterocycles. The Hall–Kier alpha value is -0.910.